The Balaban J connectivity index is 2.44. The van der Waals surface area contributed by atoms with Crippen molar-refractivity contribution in [2.45, 2.75) is 13.8 Å². The average Bonchev–Trinajstić information content (AvgIpc) is 2.27. The van der Waals surface area contributed by atoms with E-state index in [0.29, 0.717) is 5.92 Å². The van der Waals surface area contributed by atoms with Crippen molar-refractivity contribution in [3.8, 4) is 0 Å². The van der Waals surface area contributed by atoms with Crippen molar-refractivity contribution in [3.05, 3.63) is 23.8 Å². The van der Waals surface area contributed by atoms with Crippen molar-refractivity contribution >= 4 is 11.4 Å². The van der Waals surface area contributed by atoms with Crippen molar-refractivity contribution < 1.29 is 0 Å². The lowest BCUT2D eigenvalue weighted by Crippen LogP contribution is -2.24. The minimum absolute atomic E-state index is 0.701. The predicted octanol–water partition coefficient (Wildman–Crippen LogP) is 2.49. The van der Waals surface area contributed by atoms with Crippen molar-refractivity contribution in [2.24, 2.45) is 5.92 Å². The van der Waals surface area contributed by atoms with E-state index in [1.54, 1.807) is 0 Å². The van der Waals surface area contributed by atoms with Gasteiger partial charge in [-0.25, -0.2) is 0 Å². The second kappa shape index (κ2) is 3.52. The number of para-hydroxylation sites is 1. The summed E-state index contributed by atoms with van der Waals surface area (Å²) >= 11 is 0. The molecule has 2 heteroatoms. The standard InChI is InChI=1S/C12H18N2/c1-9-7-13-11-6-4-5-10(2)12(11)14(3)8-9/h4-6,9,13H,7-8H2,1-3H3. The van der Waals surface area contributed by atoms with E-state index in [1.165, 1.54) is 16.9 Å². The molecule has 1 aromatic rings. The Morgan fingerprint density at radius 1 is 1.43 bits per heavy atom. The van der Waals surface area contributed by atoms with Gasteiger partial charge in [0, 0.05) is 20.1 Å². The second-order valence-corrected chi connectivity index (χ2v) is 4.34. The maximum Gasteiger partial charge on any atom is 0.0629 e. The summed E-state index contributed by atoms with van der Waals surface area (Å²) in [6.07, 6.45) is 0. The van der Waals surface area contributed by atoms with Gasteiger partial charge in [0.05, 0.1) is 11.4 Å². The number of rotatable bonds is 0. The van der Waals surface area contributed by atoms with Crippen molar-refractivity contribution in [1.29, 1.82) is 0 Å². The summed E-state index contributed by atoms with van der Waals surface area (Å²) < 4.78 is 0. The highest BCUT2D eigenvalue weighted by Crippen LogP contribution is 2.31. The summed E-state index contributed by atoms with van der Waals surface area (Å²) in [5.41, 5.74) is 3.99. The highest BCUT2D eigenvalue weighted by Gasteiger charge is 2.17. The molecule has 1 heterocycles. The summed E-state index contributed by atoms with van der Waals surface area (Å²) in [5, 5.41) is 3.50. The average molecular weight is 190 g/mol. The Morgan fingerprint density at radius 3 is 3.00 bits per heavy atom. The number of anilines is 2. The van der Waals surface area contributed by atoms with Crippen molar-refractivity contribution in [3.63, 3.8) is 0 Å². The Bertz CT molecular complexity index is 333. The third kappa shape index (κ3) is 1.57. The van der Waals surface area contributed by atoms with E-state index in [2.05, 4.69) is 49.3 Å². The molecule has 0 spiro atoms. The first-order chi connectivity index (χ1) is 6.68. The van der Waals surface area contributed by atoms with Crippen LogP contribution in [0.15, 0.2) is 18.2 Å². The first kappa shape index (κ1) is 9.38. The summed E-state index contributed by atoms with van der Waals surface area (Å²) in [6.45, 7) is 6.66. The normalized spacial score (nSPS) is 21.1. The number of nitrogens with zero attached hydrogens (tertiary/aromatic N) is 1. The molecule has 0 fully saturated rings. The zero-order valence-electron chi connectivity index (χ0n) is 9.17. The maximum atomic E-state index is 3.50. The fourth-order valence-electron chi connectivity index (χ4n) is 2.22. The number of fused-ring (bicyclic) bond motifs is 1. The topological polar surface area (TPSA) is 15.3 Å². The molecule has 0 radical (unpaired) electrons. The van der Waals surface area contributed by atoms with Crippen LogP contribution in [0.4, 0.5) is 11.4 Å². The first-order valence-corrected chi connectivity index (χ1v) is 5.23. The fourth-order valence-corrected chi connectivity index (χ4v) is 2.22. The number of nitrogens with one attached hydrogen (secondary N) is 1. The van der Waals surface area contributed by atoms with Gasteiger partial charge in [-0.3, -0.25) is 0 Å². The molecule has 2 rings (SSSR count). The minimum Gasteiger partial charge on any atom is -0.383 e. The molecular weight excluding hydrogens is 172 g/mol. The zero-order chi connectivity index (χ0) is 10.1. The molecule has 76 valence electrons. The summed E-state index contributed by atoms with van der Waals surface area (Å²) in [4.78, 5) is 2.36. The van der Waals surface area contributed by atoms with Gasteiger partial charge in [0.1, 0.15) is 0 Å². The van der Waals surface area contributed by atoms with Crippen LogP contribution in [-0.2, 0) is 0 Å². The van der Waals surface area contributed by atoms with E-state index < -0.39 is 0 Å². The van der Waals surface area contributed by atoms with Crippen LogP contribution in [0.3, 0.4) is 0 Å². The molecule has 1 atom stereocenters. The molecule has 0 saturated carbocycles. The van der Waals surface area contributed by atoms with Crippen LogP contribution in [0, 0.1) is 12.8 Å². The SMILES string of the molecule is Cc1cccc2c1N(C)CC(C)CN2. The molecule has 0 saturated heterocycles. The van der Waals surface area contributed by atoms with Gasteiger partial charge in [-0.2, -0.15) is 0 Å². The van der Waals surface area contributed by atoms with Gasteiger partial charge in [-0.1, -0.05) is 19.1 Å². The number of hydrogen-bond acceptors (Lipinski definition) is 2. The summed E-state index contributed by atoms with van der Waals surface area (Å²) in [5.74, 6) is 0.701. The number of aryl methyl sites for hydroxylation is 1. The van der Waals surface area contributed by atoms with Crippen LogP contribution in [-0.4, -0.2) is 20.1 Å². The lowest BCUT2D eigenvalue weighted by atomic mass is 10.1. The minimum atomic E-state index is 0.701. The molecular formula is C12H18N2. The lowest BCUT2D eigenvalue weighted by Gasteiger charge is -2.22. The van der Waals surface area contributed by atoms with Crippen molar-refractivity contribution in [2.75, 3.05) is 30.4 Å². The van der Waals surface area contributed by atoms with Gasteiger partial charge in [-0.15, -0.1) is 0 Å². The Kier molecular flexibility index (Phi) is 2.36. The monoisotopic (exact) mass is 190 g/mol. The third-order valence-electron chi connectivity index (χ3n) is 2.85. The van der Waals surface area contributed by atoms with E-state index in [0.717, 1.165) is 13.1 Å². The molecule has 1 aliphatic heterocycles. The zero-order valence-corrected chi connectivity index (χ0v) is 9.17. The summed E-state index contributed by atoms with van der Waals surface area (Å²) in [6, 6.07) is 6.45. The molecule has 1 unspecified atom stereocenters. The van der Waals surface area contributed by atoms with Gasteiger partial charge >= 0.3 is 0 Å². The van der Waals surface area contributed by atoms with Crippen LogP contribution in [0.5, 0.6) is 0 Å². The quantitative estimate of drug-likeness (QED) is 0.676. The maximum absolute atomic E-state index is 3.50. The Hall–Kier alpha value is -1.18. The molecule has 1 N–H and O–H groups in total. The van der Waals surface area contributed by atoms with Crippen molar-refractivity contribution in [1.82, 2.24) is 0 Å². The molecule has 0 aromatic heterocycles. The van der Waals surface area contributed by atoms with E-state index in [9.17, 15) is 0 Å². The third-order valence-corrected chi connectivity index (χ3v) is 2.85. The molecule has 0 bridgehead atoms. The van der Waals surface area contributed by atoms with Gasteiger partial charge in [0.15, 0.2) is 0 Å². The van der Waals surface area contributed by atoms with Gasteiger partial charge in [0.25, 0.3) is 0 Å². The molecule has 0 amide bonds. The fraction of sp³-hybridized carbons (Fsp3) is 0.500. The lowest BCUT2D eigenvalue weighted by molar-refractivity contribution is 0.617. The highest BCUT2D eigenvalue weighted by molar-refractivity contribution is 5.74. The first-order valence-electron chi connectivity index (χ1n) is 5.23. The van der Waals surface area contributed by atoms with Gasteiger partial charge < -0.3 is 10.2 Å². The predicted molar refractivity (Wildman–Crippen MR) is 62.1 cm³/mol. The van der Waals surface area contributed by atoms with Crippen LogP contribution >= 0.6 is 0 Å². The van der Waals surface area contributed by atoms with Crippen LogP contribution in [0.2, 0.25) is 0 Å². The van der Waals surface area contributed by atoms with Gasteiger partial charge in [-0.05, 0) is 24.5 Å². The molecule has 2 nitrogen and oxygen atoms in total. The number of benzene rings is 1. The molecule has 1 aliphatic rings. The Labute approximate surface area is 85.9 Å². The van der Waals surface area contributed by atoms with Crippen LogP contribution < -0.4 is 10.2 Å². The molecule has 1 aromatic carbocycles. The second-order valence-electron chi connectivity index (χ2n) is 4.34. The largest absolute Gasteiger partial charge is 0.383 e. The van der Waals surface area contributed by atoms with E-state index in [4.69, 9.17) is 0 Å². The summed E-state index contributed by atoms with van der Waals surface area (Å²) in [7, 11) is 2.18. The van der Waals surface area contributed by atoms with Gasteiger partial charge in [0.2, 0.25) is 0 Å². The smallest absolute Gasteiger partial charge is 0.0629 e. The van der Waals surface area contributed by atoms with Crippen LogP contribution in [0.25, 0.3) is 0 Å². The highest BCUT2D eigenvalue weighted by atomic mass is 15.1. The van der Waals surface area contributed by atoms with E-state index >= 15 is 0 Å². The number of hydrogen-bond donors (Lipinski definition) is 1. The molecule has 0 aliphatic carbocycles. The molecule has 14 heavy (non-hydrogen) atoms. The van der Waals surface area contributed by atoms with Crippen LogP contribution in [0.1, 0.15) is 12.5 Å². The van der Waals surface area contributed by atoms with E-state index in [1.807, 2.05) is 0 Å². The van der Waals surface area contributed by atoms with E-state index in [-0.39, 0.29) is 0 Å². The Morgan fingerprint density at radius 2 is 2.21 bits per heavy atom.